The lowest BCUT2D eigenvalue weighted by molar-refractivity contribution is 0.100. The Kier molecular flexibility index (Phi) is 9.78. The molecule has 78 valence electrons. The molecule has 0 saturated carbocycles. The standard InChI is InChI=1S/C6H18BN3O3/c8-1-4-11-7(12-5-2-9)13-6-3-10/h1-6,8-10H2. The van der Waals surface area contributed by atoms with Gasteiger partial charge in [-0.25, -0.2) is 0 Å². The molecule has 0 amide bonds. The van der Waals surface area contributed by atoms with Gasteiger partial charge in [-0.1, -0.05) is 0 Å². The molecule has 0 aromatic rings. The molecule has 0 aliphatic heterocycles. The lowest BCUT2D eigenvalue weighted by Crippen LogP contribution is -2.33. The van der Waals surface area contributed by atoms with Crippen LogP contribution < -0.4 is 17.2 Å². The average molecular weight is 191 g/mol. The largest absolute Gasteiger partial charge is 0.639 e. The maximum absolute atomic E-state index is 5.25. The van der Waals surface area contributed by atoms with Crippen LogP contribution in [0.5, 0.6) is 0 Å². The Morgan fingerprint density at radius 2 is 1.00 bits per heavy atom. The monoisotopic (exact) mass is 191 g/mol. The van der Waals surface area contributed by atoms with Gasteiger partial charge in [0.25, 0.3) is 0 Å². The van der Waals surface area contributed by atoms with Crippen molar-refractivity contribution in [2.24, 2.45) is 17.2 Å². The normalized spacial score (nSPS) is 10.4. The summed E-state index contributed by atoms with van der Waals surface area (Å²) in [6.07, 6.45) is 0. The predicted octanol–water partition coefficient (Wildman–Crippen LogP) is -2.10. The van der Waals surface area contributed by atoms with E-state index in [1.54, 1.807) is 0 Å². The summed E-state index contributed by atoms with van der Waals surface area (Å²) in [5, 5.41) is 0. The maximum Gasteiger partial charge on any atom is 0.639 e. The Morgan fingerprint density at radius 3 is 1.23 bits per heavy atom. The Balaban J connectivity index is 3.47. The van der Waals surface area contributed by atoms with Gasteiger partial charge in [0.2, 0.25) is 0 Å². The van der Waals surface area contributed by atoms with E-state index >= 15 is 0 Å². The molecule has 0 aromatic carbocycles. The molecule has 0 saturated heterocycles. The highest BCUT2D eigenvalue weighted by molar-refractivity contribution is 6.36. The molecule has 0 atom stereocenters. The maximum atomic E-state index is 5.25. The summed E-state index contributed by atoms with van der Waals surface area (Å²) in [5.41, 5.74) is 15.7. The third-order valence-electron chi connectivity index (χ3n) is 1.12. The average Bonchev–Trinajstić information content (AvgIpc) is 2.17. The molecule has 0 fully saturated rings. The number of nitrogens with two attached hydrogens (primary N) is 3. The fourth-order valence-corrected chi connectivity index (χ4v) is 0.637. The molecule has 13 heavy (non-hydrogen) atoms. The first-order valence-electron chi connectivity index (χ1n) is 4.30. The van der Waals surface area contributed by atoms with Crippen LogP contribution in [0.2, 0.25) is 0 Å². The molecule has 0 heterocycles. The summed E-state index contributed by atoms with van der Waals surface area (Å²) in [7, 11) is -0.698. The van der Waals surface area contributed by atoms with Crippen molar-refractivity contribution in [3.05, 3.63) is 0 Å². The molecule has 0 spiro atoms. The fraction of sp³-hybridized carbons (Fsp3) is 1.00. The summed E-state index contributed by atoms with van der Waals surface area (Å²) in [4.78, 5) is 0. The van der Waals surface area contributed by atoms with Gasteiger partial charge in [0.1, 0.15) is 0 Å². The zero-order valence-electron chi connectivity index (χ0n) is 7.78. The van der Waals surface area contributed by atoms with Crippen LogP contribution in [-0.2, 0) is 14.0 Å². The minimum absolute atomic E-state index is 0.389. The Bertz CT molecular complexity index is 90.1. The Hall–Kier alpha value is -0.175. The molecule has 6 nitrogen and oxygen atoms in total. The van der Waals surface area contributed by atoms with E-state index in [4.69, 9.17) is 31.2 Å². The molecule has 0 rings (SSSR count). The van der Waals surface area contributed by atoms with Gasteiger partial charge in [0, 0.05) is 39.5 Å². The van der Waals surface area contributed by atoms with Gasteiger partial charge in [-0.3, -0.25) is 0 Å². The van der Waals surface area contributed by atoms with E-state index in [0.29, 0.717) is 39.5 Å². The number of hydrogen-bond donors (Lipinski definition) is 3. The van der Waals surface area contributed by atoms with Crippen molar-refractivity contribution in [3.8, 4) is 0 Å². The minimum Gasteiger partial charge on any atom is -0.385 e. The minimum atomic E-state index is -0.698. The smallest absolute Gasteiger partial charge is 0.385 e. The SMILES string of the molecule is NCCOB(OCCN)OCCN. The molecular weight excluding hydrogens is 173 g/mol. The zero-order valence-corrected chi connectivity index (χ0v) is 7.78. The molecule has 0 aliphatic carbocycles. The van der Waals surface area contributed by atoms with Crippen LogP contribution in [0.15, 0.2) is 0 Å². The third kappa shape index (κ3) is 8.16. The summed E-state index contributed by atoms with van der Waals surface area (Å²) in [5.74, 6) is 0. The van der Waals surface area contributed by atoms with Gasteiger partial charge in [-0.15, -0.1) is 0 Å². The van der Waals surface area contributed by atoms with Crippen molar-refractivity contribution in [2.45, 2.75) is 0 Å². The van der Waals surface area contributed by atoms with Gasteiger partial charge in [-0.05, 0) is 0 Å². The van der Waals surface area contributed by atoms with Crippen LogP contribution in [0.1, 0.15) is 0 Å². The first kappa shape index (κ1) is 12.8. The van der Waals surface area contributed by atoms with Gasteiger partial charge in [0.15, 0.2) is 0 Å². The Morgan fingerprint density at radius 1 is 0.692 bits per heavy atom. The quantitative estimate of drug-likeness (QED) is 0.360. The molecular formula is C6H18BN3O3. The van der Waals surface area contributed by atoms with E-state index in [1.165, 1.54) is 0 Å². The van der Waals surface area contributed by atoms with Crippen molar-refractivity contribution in [1.82, 2.24) is 0 Å². The zero-order chi connectivity index (χ0) is 9.94. The van der Waals surface area contributed by atoms with E-state index in [1.807, 2.05) is 0 Å². The second-order valence-corrected chi connectivity index (χ2v) is 2.27. The van der Waals surface area contributed by atoms with Gasteiger partial charge in [-0.2, -0.15) is 0 Å². The molecule has 7 heteroatoms. The highest BCUT2D eigenvalue weighted by Crippen LogP contribution is 1.91. The van der Waals surface area contributed by atoms with Gasteiger partial charge < -0.3 is 31.2 Å². The van der Waals surface area contributed by atoms with Crippen LogP contribution in [0.3, 0.4) is 0 Å². The van der Waals surface area contributed by atoms with Crippen LogP contribution in [0, 0.1) is 0 Å². The molecule has 0 aliphatic rings. The summed E-state index contributed by atoms with van der Waals surface area (Å²) in [6.45, 7) is 2.44. The van der Waals surface area contributed by atoms with E-state index in [9.17, 15) is 0 Å². The van der Waals surface area contributed by atoms with E-state index in [2.05, 4.69) is 0 Å². The van der Waals surface area contributed by atoms with E-state index in [0.717, 1.165) is 0 Å². The van der Waals surface area contributed by atoms with Crippen molar-refractivity contribution >= 4 is 7.32 Å². The van der Waals surface area contributed by atoms with Crippen LogP contribution >= 0.6 is 0 Å². The number of hydrogen-bond acceptors (Lipinski definition) is 6. The molecule has 0 aromatic heterocycles. The van der Waals surface area contributed by atoms with Gasteiger partial charge in [0.05, 0.1) is 0 Å². The van der Waals surface area contributed by atoms with Crippen molar-refractivity contribution in [1.29, 1.82) is 0 Å². The first-order chi connectivity index (χ1) is 6.35. The second-order valence-electron chi connectivity index (χ2n) is 2.27. The van der Waals surface area contributed by atoms with Crippen molar-refractivity contribution in [2.75, 3.05) is 39.5 Å². The van der Waals surface area contributed by atoms with Crippen LogP contribution in [0.4, 0.5) is 0 Å². The predicted molar refractivity (Wildman–Crippen MR) is 50.8 cm³/mol. The second kappa shape index (κ2) is 9.91. The fourth-order valence-electron chi connectivity index (χ4n) is 0.637. The number of rotatable bonds is 9. The van der Waals surface area contributed by atoms with Crippen LogP contribution in [-0.4, -0.2) is 46.8 Å². The van der Waals surface area contributed by atoms with Crippen LogP contribution in [0.25, 0.3) is 0 Å². The lowest BCUT2D eigenvalue weighted by atomic mass is 10.2. The third-order valence-corrected chi connectivity index (χ3v) is 1.12. The van der Waals surface area contributed by atoms with E-state index in [-0.39, 0.29) is 0 Å². The van der Waals surface area contributed by atoms with E-state index < -0.39 is 7.32 Å². The highest BCUT2D eigenvalue weighted by atomic mass is 16.7. The highest BCUT2D eigenvalue weighted by Gasteiger charge is 2.19. The summed E-state index contributed by atoms with van der Waals surface area (Å²) < 4.78 is 15.3. The Labute approximate surface area is 78.9 Å². The molecule has 6 N–H and O–H groups in total. The summed E-state index contributed by atoms with van der Waals surface area (Å²) in [6, 6.07) is 0. The topological polar surface area (TPSA) is 106 Å². The van der Waals surface area contributed by atoms with Gasteiger partial charge >= 0.3 is 7.32 Å². The first-order valence-corrected chi connectivity index (χ1v) is 4.30. The summed E-state index contributed by atoms with van der Waals surface area (Å²) >= 11 is 0. The van der Waals surface area contributed by atoms with Crippen molar-refractivity contribution < 1.29 is 14.0 Å². The molecule has 0 bridgehead atoms. The molecule has 0 radical (unpaired) electrons. The van der Waals surface area contributed by atoms with Crippen molar-refractivity contribution in [3.63, 3.8) is 0 Å². The lowest BCUT2D eigenvalue weighted by Gasteiger charge is -2.12. The molecule has 0 unspecified atom stereocenters.